The summed E-state index contributed by atoms with van der Waals surface area (Å²) in [6.07, 6.45) is 6.31. The summed E-state index contributed by atoms with van der Waals surface area (Å²) < 4.78 is 0. The van der Waals surface area contributed by atoms with Crippen molar-refractivity contribution in [2.45, 2.75) is 43.4 Å². The fraction of sp³-hybridized carbons (Fsp3) is 0.625. The Morgan fingerprint density at radius 2 is 1.89 bits per heavy atom. The van der Waals surface area contributed by atoms with Crippen molar-refractivity contribution < 1.29 is 0 Å². The maximum absolute atomic E-state index is 6.18. The molecule has 1 aliphatic carbocycles. The lowest BCUT2D eigenvalue weighted by atomic mass is 9.82. The molecule has 1 saturated heterocycles. The second kappa shape index (κ2) is 5.63. The number of benzene rings is 1. The van der Waals surface area contributed by atoms with Crippen LogP contribution in [0.15, 0.2) is 24.3 Å². The van der Waals surface area contributed by atoms with Gasteiger partial charge in [-0.2, -0.15) is 0 Å². The second-order valence-electron chi connectivity index (χ2n) is 5.76. The Bertz CT molecular complexity index is 396. The third-order valence-corrected chi connectivity index (χ3v) is 4.93. The van der Waals surface area contributed by atoms with Crippen molar-refractivity contribution in [2.75, 3.05) is 19.6 Å². The molecule has 1 fully saturated rings. The fourth-order valence-electron chi connectivity index (χ4n) is 3.44. The molecule has 1 heterocycles. The lowest BCUT2D eigenvalue weighted by molar-refractivity contribution is 0.211. The van der Waals surface area contributed by atoms with E-state index in [2.05, 4.69) is 29.2 Å². The van der Waals surface area contributed by atoms with E-state index < -0.39 is 0 Å². The average molecular weight is 264 g/mol. The van der Waals surface area contributed by atoms with Crippen molar-refractivity contribution in [3.63, 3.8) is 0 Å². The number of alkyl halides is 1. The van der Waals surface area contributed by atoms with Gasteiger partial charge < -0.3 is 4.90 Å². The van der Waals surface area contributed by atoms with Gasteiger partial charge in [-0.1, -0.05) is 24.3 Å². The molecule has 0 aromatic heterocycles. The van der Waals surface area contributed by atoms with Crippen LogP contribution in [0.4, 0.5) is 0 Å². The van der Waals surface area contributed by atoms with E-state index in [9.17, 15) is 0 Å². The Labute approximate surface area is 115 Å². The van der Waals surface area contributed by atoms with Crippen LogP contribution >= 0.6 is 11.6 Å². The zero-order valence-corrected chi connectivity index (χ0v) is 11.7. The molecule has 2 aliphatic rings. The molecule has 0 amide bonds. The van der Waals surface area contributed by atoms with E-state index >= 15 is 0 Å². The molecule has 1 aliphatic heterocycles. The SMILES string of the molecule is ClC1CCN(CC2CCCc3ccccc32)CC1. The van der Waals surface area contributed by atoms with Crippen molar-refractivity contribution in [1.82, 2.24) is 4.90 Å². The molecule has 1 unspecified atom stereocenters. The number of halogens is 1. The van der Waals surface area contributed by atoms with Crippen molar-refractivity contribution in [3.8, 4) is 0 Å². The lowest BCUT2D eigenvalue weighted by Gasteiger charge is -2.34. The fourth-order valence-corrected chi connectivity index (χ4v) is 3.64. The second-order valence-corrected chi connectivity index (χ2v) is 6.38. The molecule has 98 valence electrons. The largest absolute Gasteiger partial charge is 0.303 e. The predicted molar refractivity (Wildman–Crippen MR) is 77.4 cm³/mol. The molecule has 18 heavy (non-hydrogen) atoms. The van der Waals surface area contributed by atoms with Gasteiger partial charge in [-0.3, -0.25) is 0 Å². The third kappa shape index (κ3) is 2.73. The van der Waals surface area contributed by atoms with Crippen LogP contribution in [0.1, 0.15) is 42.7 Å². The predicted octanol–water partition coefficient (Wildman–Crippen LogP) is 3.81. The highest BCUT2D eigenvalue weighted by Gasteiger charge is 2.24. The molecule has 0 saturated carbocycles. The number of piperidine rings is 1. The Morgan fingerprint density at radius 3 is 2.72 bits per heavy atom. The van der Waals surface area contributed by atoms with Gasteiger partial charge >= 0.3 is 0 Å². The number of hydrogen-bond donors (Lipinski definition) is 0. The van der Waals surface area contributed by atoms with E-state index in [1.165, 1.54) is 38.9 Å². The minimum absolute atomic E-state index is 0.417. The smallest absolute Gasteiger partial charge is 0.0360 e. The normalized spacial score (nSPS) is 25.9. The van der Waals surface area contributed by atoms with Gasteiger partial charge in [-0.15, -0.1) is 11.6 Å². The zero-order chi connectivity index (χ0) is 12.4. The molecule has 3 rings (SSSR count). The molecule has 0 bridgehead atoms. The topological polar surface area (TPSA) is 3.24 Å². The van der Waals surface area contributed by atoms with Crippen LogP contribution in [0.3, 0.4) is 0 Å². The Hall–Kier alpha value is -0.530. The van der Waals surface area contributed by atoms with Gasteiger partial charge in [0.2, 0.25) is 0 Å². The van der Waals surface area contributed by atoms with E-state index in [-0.39, 0.29) is 0 Å². The zero-order valence-electron chi connectivity index (χ0n) is 10.9. The van der Waals surface area contributed by atoms with Gasteiger partial charge in [0.05, 0.1) is 0 Å². The summed E-state index contributed by atoms with van der Waals surface area (Å²) in [5.41, 5.74) is 3.19. The van der Waals surface area contributed by atoms with Crippen molar-refractivity contribution >= 4 is 11.6 Å². The van der Waals surface area contributed by atoms with Gasteiger partial charge in [0.25, 0.3) is 0 Å². The van der Waals surface area contributed by atoms with Gasteiger partial charge in [0.1, 0.15) is 0 Å². The molecule has 1 aromatic rings. The summed E-state index contributed by atoms with van der Waals surface area (Å²) in [5.74, 6) is 0.752. The molecule has 1 atom stereocenters. The highest BCUT2D eigenvalue weighted by molar-refractivity contribution is 6.20. The maximum Gasteiger partial charge on any atom is 0.0360 e. The van der Waals surface area contributed by atoms with Crippen molar-refractivity contribution in [1.29, 1.82) is 0 Å². The lowest BCUT2D eigenvalue weighted by Crippen LogP contribution is -2.37. The molecule has 0 spiro atoms. The van der Waals surface area contributed by atoms with Crippen molar-refractivity contribution in [3.05, 3.63) is 35.4 Å². The molecule has 2 heteroatoms. The van der Waals surface area contributed by atoms with Gasteiger partial charge in [-0.25, -0.2) is 0 Å². The molecule has 1 aromatic carbocycles. The van der Waals surface area contributed by atoms with E-state index in [1.807, 2.05) is 0 Å². The van der Waals surface area contributed by atoms with E-state index in [0.29, 0.717) is 5.38 Å². The van der Waals surface area contributed by atoms with Crippen LogP contribution < -0.4 is 0 Å². The Morgan fingerprint density at radius 1 is 1.11 bits per heavy atom. The van der Waals surface area contributed by atoms with Gasteiger partial charge in [0, 0.05) is 11.9 Å². The molecular formula is C16H22ClN. The number of rotatable bonds is 2. The molecule has 1 nitrogen and oxygen atoms in total. The van der Waals surface area contributed by atoms with Crippen LogP contribution in [-0.2, 0) is 6.42 Å². The summed E-state index contributed by atoms with van der Waals surface area (Å²) in [4.78, 5) is 2.62. The van der Waals surface area contributed by atoms with E-state index in [0.717, 1.165) is 18.8 Å². The third-order valence-electron chi connectivity index (χ3n) is 4.49. The number of aryl methyl sites for hydroxylation is 1. The summed E-state index contributed by atoms with van der Waals surface area (Å²) >= 11 is 6.18. The highest BCUT2D eigenvalue weighted by Crippen LogP contribution is 2.32. The standard InChI is InChI=1S/C16H22ClN/c17-15-8-10-18(11-9-15)12-14-6-3-5-13-4-1-2-7-16(13)14/h1-2,4,7,14-15H,3,5-6,8-12H2. The highest BCUT2D eigenvalue weighted by atomic mass is 35.5. The summed E-state index contributed by atoms with van der Waals surface area (Å²) in [6, 6.07) is 9.03. The minimum Gasteiger partial charge on any atom is -0.303 e. The first-order valence-corrected chi connectivity index (χ1v) is 7.71. The van der Waals surface area contributed by atoms with Gasteiger partial charge in [0.15, 0.2) is 0 Å². The van der Waals surface area contributed by atoms with E-state index in [1.54, 1.807) is 11.1 Å². The van der Waals surface area contributed by atoms with Gasteiger partial charge in [-0.05, 0) is 62.2 Å². The van der Waals surface area contributed by atoms with E-state index in [4.69, 9.17) is 11.6 Å². The average Bonchev–Trinajstić information content (AvgIpc) is 2.42. The van der Waals surface area contributed by atoms with Crippen LogP contribution in [0.25, 0.3) is 0 Å². The first-order valence-electron chi connectivity index (χ1n) is 7.27. The monoisotopic (exact) mass is 263 g/mol. The summed E-state index contributed by atoms with van der Waals surface area (Å²) in [5, 5.41) is 0.417. The molecule has 0 radical (unpaired) electrons. The number of nitrogens with zero attached hydrogens (tertiary/aromatic N) is 1. The summed E-state index contributed by atoms with van der Waals surface area (Å²) in [6.45, 7) is 3.61. The number of hydrogen-bond acceptors (Lipinski definition) is 1. The number of likely N-dealkylation sites (tertiary alicyclic amines) is 1. The maximum atomic E-state index is 6.18. The van der Waals surface area contributed by atoms with Crippen LogP contribution in [0.5, 0.6) is 0 Å². The molecule has 0 N–H and O–H groups in total. The first-order chi connectivity index (χ1) is 8.83. The quantitative estimate of drug-likeness (QED) is 0.734. The van der Waals surface area contributed by atoms with Crippen molar-refractivity contribution in [2.24, 2.45) is 0 Å². The number of fused-ring (bicyclic) bond motifs is 1. The Balaban J connectivity index is 1.67. The Kier molecular flexibility index (Phi) is 3.91. The van der Waals surface area contributed by atoms with Crippen LogP contribution in [0, 0.1) is 0 Å². The van der Waals surface area contributed by atoms with Crippen LogP contribution in [-0.4, -0.2) is 29.9 Å². The summed E-state index contributed by atoms with van der Waals surface area (Å²) in [7, 11) is 0. The molecular weight excluding hydrogens is 242 g/mol. The minimum atomic E-state index is 0.417. The van der Waals surface area contributed by atoms with Crippen LogP contribution in [0.2, 0.25) is 0 Å². The first kappa shape index (κ1) is 12.5.